The highest BCUT2D eigenvalue weighted by atomic mass is 16.6. The minimum atomic E-state index is -1.99. The Balaban J connectivity index is 1.93. The number of carboxylic acids is 1. The van der Waals surface area contributed by atoms with Crippen LogP contribution < -0.4 is 5.32 Å². The van der Waals surface area contributed by atoms with Crippen molar-refractivity contribution in [2.75, 3.05) is 13.7 Å². The van der Waals surface area contributed by atoms with E-state index in [0.717, 1.165) is 11.6 Å². The summed E-state index contributed by atoms with van der Waals surface area (Å²) in [5.41, 5.74) is -0.728. The van der Waals surface area contributed by atoms with Gasteiger partial charge in [0.05, 0.1) is 30.3 Å². The van der Waals surface area contributed by atoms with Crippen LogP contribution in [-0.2, 0) is 23.8 Å². The van der Waals surface area contributed by atoms with Gasteiger partial charge in [0.15, 0.2) is 5.79 Å². The standard InChI is InChI=1S/C35H51NO10/c1-7-8-11-18-30-34(5,42)29(38)22-35(43,46-30)25(4)33(41)36-20-15-14-16-23(2)32(44-6)24(3)28-21-26(37)27(45-28)17-12-9-10-13-19-31(39)40/h7-19,24-30,32,37-38,42-43H,20-22H2,1-6H3,(H,36,41)(H,39,40)/b8-7+,10-9+,15-14+,17-12+,18-11+,19-13+,23-16+. The number of hydrogen-bond donors (Lipinski definition) is 6. The fourth-order valence-corrected chi connectivity index (χ4v) is 5.43. The van der Waals surface area contributed by atoms with Crippen molar-refractivity contribution in [3.05, 3.63) is 84.6 Å². The fraction of sp³-hybridized carbons (Fsp3) is 0.543. The van der Waals surface area contributed by atoms with Gasteiger partial charge in [-0.3, -0.25) is 4.79 Å². The summed E-state index contributed by atoms with van der Waals surface area (Å²) in [6.07, 6.45) is 17.2. The third-order valence-electron chi connectivity index (χ3n) is 8.44. The Kier molecular flexibility index (Phi) is 15.5. The molecule has 2 saturated heterocycles. The number of hydrogen-bond acceptors (Lipinski definition) is 9. The number of allylic oxidation sites excluding steroid dienone is 9. The van der Waals surface area contributed by atoms with Crippen molar-refractivity contribution in [1.29, 1.82) is 0 Å². The Morgan fingerprint density at radius 3 is 2.37 bits per heavy atom. The SMILES string of the molecule is C/C=C/C=C/C1OC(O)(C(C)C(=O)NC/C=C/C=C(\C)C(OC)C(C)C2CC(O)C(/C=C/C=C/C=C/C(=O)O)O2)CC(O)C1(C)O. The largest absolute Gasteiger partial charge is 0.478 e. The van der Waals surface area contributed by atoms with Crippen molar-refractivity contribution in [2.45, 2.75) is 95.5 Å². The average molecular weight is 646 g/mol. The maximum absolute atomic E-state index is 12.9. The van der Waals surface area contributed by atoms with E-state index < -0.39 is 53.6 Å². The van der Waals surface area contributed by atoms with E-state index in [9.17, 15) is 30.0 Å². The molecule has 2 aliphatic rings. The van der Waals surface area contributed by atoms with Crippen LogP contribution in [0.4, 0.5) is 0 Å². The quantitative estimate of drug-likeness (QED) is 0.115. The molecule has 11 nitrogen and oxygen atoms in total. The smallest absolute Gasteiger partial charge is 0.328 e. The highest BCUT2D eigenvalue weighted by Gasteiger charge is 2.54. The fourth-order valence-electron chi connectivity index (χ4n) is 5.43. The van der Waals surface area contributed by atoms with E-state index in [4.69, 9.17) is 19.3 Å². The molecule has 0 aromatic carbocycles. The van der Waals surface area contributed by atoms with Crippen LogP contribution in [0.3, 0.4) is 0 Å². The van der Waals surface area contributed by atoms with E-state index in [1.54, 1.807) is 61.8 Å². The van der Waals surface area contributed by atoms with Gasteiger partial charge in [0.2, 0.25) is 5.91 Å². The van der Waals surface area contributed by atoms with Gasteiger partial charge in [0.1, 0.15) is 17.8 Å². The summed E-state index contributed by atoms with van der Waals surface area (Å²) >= 11 is 0. The number of aliphatic hydroxyl groups is 4. The first-order valence-electron chi connectivity index (χ1n) is 15.5. The van der Waals surface area contributed by atoms with Gasteiger partial charge in [-0.1, -0.05) is 79.8 Å². The first-order chi connectivity index (χ1) is 21.7. The molecule has 0 aromatic rings. The number of rotatable bonds is 15. The van der Waals surface area contributed by atoms with Crippen molar-refractivity contribution < 1.29 is 49.3 Å². The van der Waals surface area contributed by atoms with E-state index >= 15 is 0 Å². The molecule has 2 aliphatic heterocycles. The summed E-state index contributed by atoms with van der Waals surface area (Å²) in [6, 6.07) is 0. The molecule has 46 heavy (non-hydrogen) atoms. The minimum Gasteiger partial charge on any atom is -0.478 e. The van der Waals surface area contributed by atoms with Crippen molar-refractivity contribution >= 4 is 11.9 Å². The Bertz CT molecular complexity index is 1220. The molecule has 0 bridgehead atoms. The van der Waals surface area contributed by atoms with Gasteiger partial charge >= 0.3 is 5.97 Å². The number of methoxy groups -OCH3 is 1. The third kappa shape index (κ3) is 11.0. The van der Waals surface area contributed by atoms with E-state index in [1.165, 1.54) is 26.0 Å². The molecule has 6 N–H and O–H groups in total. The number of amides is 1. The summed E-state index contributed by atoms with van der Waals surface area (Å²) < 4.78 is 17.6. The van der Waals surface area contributed by atoms with Crippen molar-refractivity contribution in [1.82, 2.24) is 5.32 Å². The van der Waals surface area contributed by atoms with Crippen LogP contribution in [0.25, 0.3) is 0 Å². The topological polar surface area (TPSA) is 175 Å². The lowest BCUT2D eigenvalue weighted by Crippen LogP contribution is -2.64. The molecular weight excluding hydrogens is 594 g/mol. The van der Waals surface area contributed by atoms with Crippen LogP contribution in [0.2, 0.25) is 0 Å². The van der Waals surface area contributed by atoms with Gasteiger partial charge in [-0.2, -0.15) is 0 Å². The van der Waals surface area contributed by atoms with Crippen LogP contribution in [-0.4, -0.2) is 99.1 Å². The molecule has 1 amide bonds. The van der Waals surface area contributed by atoms with Crippen molar-refractivity contribution in [2.24, 2.45) is 11.8 Å². The normalized spacial score (nSPS) is 33.3. The Morgan fingerprint density at radius 2 is 1.72 bits per heavy atom. The van der Waals surface area contributed by atoms with Crippen LogP contribution in [0.15, 0.2) is 84.6 Å². The van der Waals surface area contributed by atoms with Gasteiger partial charge in [-0.25, -0.2) is 4.79 Å². The lowest BCUT2D eigenvalue weighted by Gasteiger charge is -2.48. The monoisotopic (exact) mass is 645 g/mol. The summed E-state index contributed by atoms with van der Waals surface area (Å²) in [6.45, 7) is 8.84. The Morgan fingerprint density at radius 1 is 1.04 bits per heavy atom. The molecule has 10 atom stereocenters. The maximum atomic E-state index is 12.9. The number of ether oxygens (including phenoxy) is 3. The van der Waals surface area contributed by atoms with E-state index in [2.05, 4.69) is 5.32 Å². The predicted octanol–water partition coefficient (Wildman–Crippen LogP) is 2.89. The van der Waals surface area contributed by atoms with E-state index in [0.29, 0.717) is 6.42 Å². The molecule has 11 heteroatoms. The molecule has 0 spiro atoms. The number of carboxylic acid groups (broad SMARTS) is 1. The maximum Gasteiger partial charge on any atom is 0.328 e. The molecule has 2 heterocycles. The predicted molar refractivity (Wildman–Crippen MR) is 174 cm³/mol. The van der Waals surface area contributed by atoms with Crippen LogP contribution >= 0.6 is 0 Å². The van der Waals surface area contributed by atoms with Gasteiger partial charge in [-0.05, 0) is 33.3 Å². The lowest BCUT2D eigenvalue weighted by molar-refractivity contribution is -0.327. The minimum absolute atomic E-state index is 0.0821. The molecule has 0 aromatic heterocycles. The highest BCUT2D eigenvalue weighted by molar-refractivity contribution is 5.80. The van der Waals surface area contributed by atoms with Crippen molar-refractivity contribution in [3.8, 4) is 0 Å². The van der Waals surface area contributed by atoms with E-state index in [1.807, 2.05) is 26.8 Å². The van der Waals surface area contributed by atoms with Gasteiger partial charge < -0.3 is 45.1 Å². The third-order valence-corrected chi connectivity index (χ3v) is 8.44. The number of aliphatic carboxylic acids is 1. The summed E-state index contributed by atoms with van der Waals surface area (Å²) in [7, 11) is 1.61. The zero-order chi connectivity index (χ0) is 34.5. The molecule has 2 rings (SSSR count). The molecule has 2 fully saturated rings. The van der Waals surface area contributed by atoms with Crippen LogP contribution in [0.1, 0.15) is 47.5 Å². The highest BCUT2D eigenvalue weighted by Crippen LogP contribution is 2.39. The first-order valence-corrected chi connectivity index (χ1v) is 15.5. The van der Waals surface area contributed by atoms with Gasteiger partial charge in [0, 0.05) is 38.5 Å². The van der Waals surface area contributed by atoms with Crippen LogP contribution in [0.5, 0.6) is 0 Å². The van der Waals surface area contributed by atoms with E-state index in [-0.39, 0.29) is 31.1 Å². The number of carbonyl (C=O) groups is 2. The number of aliphatic hydroxyl groups excluding tert-OH is 2. The Labute approximate surface area is 271 Å². The molecule has 10 unspecified atom stereocenters. The second-order valence-electron chi connectivity index (χ2n) is 12.0. The molecular formula is C35H51NO10. The second-order valence-corrected chi connectivity index (χ2v) is 12.0. The van der Waals surface area contributed by atoms with Crippen molar-refractivity contribution in [3.63, 3.8) is 0 Å². The molecule has 0 radical (unpaired) electrons. The van der Waals surface area contributed by atoms with Gasteiger partial charge in [0.25, 0.3) is 0 Å². The number of nitrogens with one attached hydrogen (secondary N) is 1. The molecule has 0 saturated carbocycles. The molecule has 256 valence electrons. The molecule has 0 aliphatic carbocycles. The zero-order valence-corrected chi connectivity index (χ0v) is 27.5. The Hall–Kier alpha value is -3.16. The summed E-state index contributed by atoms with van der Waals surface area (Å²) in [4.78, 5) is 23.4. The average Bonchev–Trinajstić information content (AvgIpc) is 3.37. The summed E-state index contributed by atoms with van der Waals surface area (Å²) in [5.74, 6) is -4.61. The van der Waals surface area contributed by atoms with Gasteiger partial charge in [-0.15, -0.1) is 0 Å². The number of carbonyl (C=O) groups excluding carboxylic acids is 1. The second kappa shape index (κ2) is 18.2. The lowest BCUT2D eigenvalue weighted by atomic mass is 9.80. The first kappa shape index (κ1) is 39.0. The summed E-state index contributed by atoms with van der Waals surface area (Å²) in [5, 5.41) is 54.3. The zero-order valence-electron chi connectivity index (χ0n) is 27.5. The van der Waals surface area contributed by atoms with Crippen LogP contribution in [0, 0.1) is 11.8 Å².